The lowest BCUT2D eigenvalue weighted by molar-refractivity contribution is -0.137. The molecule has 1 aliphatic heterocycles. The highest BCUT2D eigenvalue weighted by Crippen LogP contribution is 2.35. The number of nitrogens with two attached hydrogens (primary N) is 1. The molecule has 1 aromatic rings. The first-order chi connectivity index (χ1) is 8.93. The first-order valence-corrected chi connectivity index (χ1v) is 6.24. The third kappa shape index (κ3) is 2.94. The molecule has 0 aromatic heterocycles. The lowest BCUT2D eigenvalue weighted by Crippen LogP contribution is -2.45. The number of morpholine rings is 1. The van der Waals surface area contributed by atoms with Gasteiger partial charge < -0.3 is 15.4 Å². The second kappa shape index (κ2) is 5.28. The van der Waals surface area contributed by atoms with E-state index in [0.717, 1.165) is 18.6 Å². The van der Waals surface area contributed by atoms with Gasteiger partial charge in [-0.15, -0.1) is 0 Å². The predicted octanol–water partition coefficient (Wildman–Crippen LogP) is 2.90. The molecular formula is C13H17F3N2O. The number of alkyl halides is 3. The molecule has 2 N–H and O–H groups in total. The number of rotatable bonds is 2. The van der Waals surface area contributed by atoms with E-state index in [9.17, 15) is 13.2 Å². The molecule has 6 heteroatoms. The van der Waals surface area contributed by atoms with Gasteiger partial charge in [-0.05, 0) is 24.6 Å². The second-order valence-corrected chi connectivity index (χ2v) is 4.60. The van der Waals surface area contributed by atoms with Crippen LogP contribution >= 0.6 is 0 Å². The number of hydrogen-bond acceptors (Lipinski definition) is 3. The maximum absolute atomic E-state index is 12.6. The van der Waals surface area contributed by atoms with Crippen LogP contribution in [0.4, 0.5) is 24.5 Å². The van der Waals surface area contributed by atoms with E-state index in [0.29, 0.717) is 25.4 Å². The van der Waals surface area contributed by atoms with Crippen LogP contribution in [0.3, 0.4) is 0 Å². The van der Waals surface area contributed by atoms with E-state index in [1.54, 1.807) is 0 Å². The second-order valence-electron chi connectivity index (χ2n) is 4.60. The monoisotopic (exact) mass is 274 g/mol. The molecule has 3 nitrogen and oxygen atoms in total. The minimum atomic E-state index is -4.36. The summed E-state index contributed by atoms with van der Waals surface area (Å²) >= 11 is 0. The Morgan fingerprint density at radius 2 is 2.16 bits per heavy atom. The molecule has 0 amide bonds. The molecule has 1 aromatic carbocycles. The summed E-state index contributed by atoms with van der Waals surface area (Å²) in [5, 5.41) is 0. The van der Waals surface area contributed by atoms with Crippen LogP contribution in [0.1, 0.15) is 18.9 Å². The Labute approximate surface area is 110 Å². The SMILES string of the molecule is CCC1COCCN1c1ccc(C(F)(F)F)cc1N. The molecule has 1 fully saturated rings. The Kier molecular flexibility index (Phi) is 3.89. The van der Waals surface area contributed by atoms with E-state index in [4.69, 9.17) is 10.5 Å². The number of hydrogen-bond donors (Lipinski definition) is 1. The number of nitrogens with zero attached hydrogens (tertiary/aromatic N) is 1. The molecule has 0 saturated carbocycles. The van der Waals surface area contributed by atoms with Crippen molar-refractivity contribution >= 4 is 11.4 Å². The average Bonchev–Trinajstić information content (AvgIpc) is 2.37. The topological polar surface area (TPSA) is 38.5 Å². The third-order valence-corrected chi connectivity index (χ3v) is 3.36. The van der Waals surface area contributed by atoms with Crippen molar-refractivity contribution in [3.05, 3.63) is 23.8 Å². The molecule has 19 heavy (non-hydrogen) atoms. The van der Waals surface area contributed by atoms with Gasteiger partial charge in [0.25, 0.3) is 0 Å². The van der Waals surface area contributed by atoms with Crippen LogP contribution in [0.2, 0.25) is 0 Å². The molecule has 0 aliphatic carbocycles. The van der Waals surface area contributed by atoms with Crippen molar-refractivity contribution in [1.29, 1.82) is 0 Å². The quantitative estimate of drug-likeness (QED) is 0.843. The Morgan fingerprint density at radius 1 is 1.42 bits per heavy atom. The summed E-state index contributed by atoms with van der Waals surface area (Å²) in [4.78, 5) is 2.03. The fraction of sp³-hybridized carbons (Fsp3) is 0.538. The lowest BCUT2D eigenvalue weighted by atomic mass is 10.1. The summed E-state index contributed by atoms with van der Waals surface area (Å²) < 4.78 is 43.2. The van der Waals surface area contributed by atoms with E-state index in [2.05, 4.69) is 0 Å². The number of halogens is 3. The molecule has 0 spiro atoms. The largest absolute Gasteiger partial charge is 0.416 e. The number of nitrogen functional groups attached to an aromatic ring is 1. The van der Waals surface area contributed by atoms with Crippen molar-refractivity contribution in [2.24, 2.45) is 0 Å². The highest BCUT2D eigenvalue weighted by molar-refractivity contribution is 5.69. The van der Waals surface area contributed by atoms with Crippen LogP contribution < -0.4 is 10.6 Å². The smallest absolute Gasteiger partial charge is 0.397 e. The summed E-state index contributed by atoms with van der Waals surface area (Å²) in [5.41, 5.74) is 5.89. The van der Waals surface area contributed by atoms with E-state index < -0.39 is 11.7 Å². The third-order valence-electron chi connectivity index (χ3n) is 3.36. The van der Waals surface area contributed by atoms with Crippen molar-refractivity contribution in [3.63, 3.8) is 0 Å². The van der Waals surface area contributed by atoms with E-state index >= 15 is 0 Å². The molecule has 1 heterocycles. The zero-order chi connectivity index (χ0) is 14.0. The maximum Gasteiger partial charge on any atom is 0.416 e. The van der Waals surface area contributed by atoms with Gasteiger partial charge in [0.05, 0.1) is 36.2 Å². The van der Waals surface area contributed by atoms with Crippen LogP contribution in [0.25, 0.3) is 0 Å². The molecule has 1 aliphatic rings. The molecule has 1 atom stereocenters. The van der Waals surface area contributed by atoms with Crippen molar-refractivity contribution in [3.8, 4) is 0 Å². The van der Waals surface area contributed by atoms with Crippen molar-refractivity contribution < 1.29 is 17.9 Å². The standard InChI is InChI=1S/C13H17F3N2O/c1-2-10-8-19-6-5-18(10)12-4-3-9(7-11(12)17)13(14,15)16/h3-4,7,10H,2,5-6,8,17H2,1H3. The Balaban J connectivity index is 2.30. The highest BCUT2D eigenvalue weighted by Gasteiger charge is 2.32. The zero-order valence-corrected chi connectivity index (χ0v) is 10.7. The van der Waals surface area contributed by atoms with E-state index in [-0.39, 0.29) is 11.7 Å². The summed E-state index contributed by atoms with van der Waals surface area (Å²) in [6.45, 7) is 3.81. The van der Waals surface area contributed by atoms with Crippen LogP contribution in [0.15, 0.2) is 18.2 Å². The van der Waals surface area contributed by atoms with E-state index in [1.807, 2.05) is 11.8 Å². The fourth-order valence-corrected chi connectivity index (χ4v) is 2.30. The van der Waals surface area contributed by atoms with Gasteiger partial charge in [-0.2, -0.15) is 13.2 Å². The molecular weight excluding hydrogens is 257 g/mol. The fourth-order valence-electron chi connectivity index (χ4n) is 2.30. The van der Waals surface area contributed by atoms with Gasteiger partial charge in [-0.3, -0.25) is 0 Å². The van der Waals surface area contributed by atoms with Crippen LogP contribution in [-0.4, -0.2) is 25.8 Å². The van der Waals surface area contributed by atoms with Crippen molar-refractivity contribution in [2.45, 2.75) is 25.6 Å². The average molecular weight is 274 g/mol. The van der Waals surface area contributed by atoms with Gasteiger partial charge in [-0.1, -0.05) is 6.92 Å². The van der Waals surface area contributed by atoms with Crippen LogP contribution in [0.5, 0.6) is 0 Å². The van der Waals surface area contributed by atoms with Gasteiger partial charge in [0, 0.05) is 6.54 Å². The minimum Gasteiger partial charge on any atom is -0.397 e. The van der Waals surface area contributed by atoms with Gasteiger partial charge in [-0.25, -0.2) is 0 Å². The normalized spacial score (nSPS) is 20.6. The molecule has 1 saturated heterocycles. The van der Waals surface area contributed by atoms with Crippen molar-refractivity contribution in [2.75, 3.05) is 30.4 Å². The van der Waals surface area contributed by atoms with Gasteiger partial charge in [0.15, 0.2) is 0 Å². The summed E-state index contributed by atoms with van der Waals surface area (Å²) in [6, 6.07) is 3.69. The summed E-state index contributed by atoms with van der Waals surface area (Å²) in [5.74, 6) is 0. The maximum atomic E-state index is 12.6. The highest BCUT2D eigenvalue weighted by atomic mass is 19.4. The number of ether oxygens (including phenoxy) is 1. The first kappa shape index (κ1) is 14.0. The van der Waals surface area contributed by atoms with Gasteiger partial charge in [0.2, 0.25) is 0 Å². The van der Waals surface area contributed by atoms with Crippen LogP contribution in [-0.2, 0) is 10.9 Å². The molecule has 1 unspecified atom stereocenters. The lowest BCUT2D eigenvalue weighted by Gasteiger charge is -2.37. The molecule has 0 radical (unpaired) electrons. The molecule has 0 bridgehead atoms. The zero-order valence-electron chi connectivity index (χ0n) is 10.7. The first-order valence-electron chi connectivity index (χ1n) is 6.24. The molecule has 106 valence electrons. The number of anilines is 2. The minimum absolute atomic E-state index is 0.160. The Hall–Kier alpha value is -1.43. The predicted molar refractivity (Wildman–Crippen MR) is 68.1 cm³/mol. The molecule has 2 rings (SSSR count). The summed E-state index contributed by atoms with van der Waals surface area (Å²) in [7, 11) is 0. The van der Waals surface area contributed by atoms with Crippen LogP contribution in [0, 0.1) is 0 Å². The number of benzene rings is 1. The van der Waals surface area contributed by atoms with Gasteiger partial charge >= 0.3 is 6.18 Å². The van der Waals surface area contributed by atoms with Crippen molar-refractivity contribution in [1.82, 2.24) is 0 Å². The van der Waals surface area contributed by atoms with E-state index in [1.165, 1.54) is 6.07 Å². The summed E-state index contributed by atoms with van der Waals surface area (Å²) in [6.07, 6.45) is -3.50. The Bertz CT molecular complexity index is 448. The van der Waals surface area contributed by atoms with Gasteiger partial charge in [0.1, 0.15) is 0 Å². The Morgan fingerprint density at radius 3 is 2.74 bits per heavy atom.